The topological polar surface area (TPSA) is 64.1 Å². The highest BCUT2D eigenvalue weighted by Crippen LogP contribution is 2.39. The van der Waals surface area contributed by atoms with Gasteiger partial charge in [-0.3, -0.25) is 0 Å². The molecule has 3 rings (SSSR count). The van der Waals surface area contributed by atoms with Gasteiger partial charge in [-0.05, 0) is 25.0 Å². The molecule has 2 aromatic rings. The molecule has 0 unspecified atom stereocenters. The van der Waals surface area contributed by atoms with Gasteiger partial charge in [0.15, 0.2) is 0 Å². The molecule has 0 saturated heterocycles. The van der Waals surface area contributed by atoms with Crippen LogP contribution in [0.4, 0.5) is 0 Å². The van der Waals surface area contributed by atoms with E-state index in [1.807, 2.05) is 18.2 Å². The average molecular weight is 273 g/mol. The first-order valence-corrected chi connectivity index (χ1v) is 7.57. The second-order valence-electron chi connectivity index (χ2n) is 5.84. The third kappa shape index (κ3) is 2.13. The lowest BCUT2D eigenvalue weighted by Gasteiger charge is -2.36. The molecule has 1 saturated carbocycles. The maximum Gasteiger partial charge on any atom is 0.117 e. The van der Waals surface area contributed by atoms with E-state index in [9.17, 15) is 5.11 Å². The Morgan fingerprint density at radius 1 is 1.20 bits per heavy atom. The SMILES string of the molecule is NCC1(c2nc3ccccc3n2CCO)CCCCC1. The highest BCUT2D eigenvalue weighted by Gasteiger charge is 2.37. The quantitative estimate of drug-likeness (QED) is 0.897. The lowest BCUT2D eigenvalue weighted by Crippen LogP contribution is -2.40. The van der Waals surface area contributed by atoms with Crippen LogP contribution in [0.15, 0.2) is 24.3 Å². The van der Waals surface area contributed by atoms with E-state index < -0.39 is 0 Å². The van der Waals surface area contributed by atoms with E-state index in [0.29, 0.717) is 13.1 Å². The Labute approximate surface area is 119 Å². The molecular formula is C16H23N3O. The molecule has 3 N–H and O–H groups in total. The molecule has 1 aliphatic carbocycles. The number of aliphatic hydroxyl groups is 1. The van der Waals surface area contributed by atoms with E-state index in [2.05, 4.69) is 10.6 Å². The number of aromatic nitrogens is 2. The Hall–Kier alpha value is -1.39. The largest absolute Gasteiger partial charge is 0.395 e. The van der Waals surface area contributed by atoms with E-state index in [4.69, 9.17) is 10.7 Å². The molecule has 108 valence electrons. The Morgan fingerprint density at radius 3 is 2.65 bits per heavy atom. The van der Waals surface area contributed by atoms with Crippen molar-refractivity contribution in [1.29, 1.82) is 0 Å². The lowest BCUT2D eigenvalue weighted by atomic mass is 9.73. The summed E-state index contributed by atoms with van der Waals surface area (Å²) in [4.78, 5) is 4.87. The van der Waals surface area contributed by atoms with Gasteiger partial charge in [-0.1, -0.05) is 31.4 Å². The van der Waals surface area contributed by atoms with Gasteiger partial charge >= 0.3 is 0 Å². The number of imidazole rings is 1. The van der Waals surface area contributed by atoms with Crippen LogP contribution >= 0.6 is 0 Å². The molecule has 20 heavy (non-hydrogen) atoms. The highest BCUT2D eigenvalue weighted by molar-refractivity contribution is 5.76. The Balaban J connectivity index is 2.15. The monoisotopic (exact) mass is 273 g/mol. The van der Waals surface area contributed by atoms with Crippen LogP contribution < -0.4 is 5.73 Å². The van der Waals surface area contributed by atoms with Crippen LogP contribution in [0, 0.1) is 0 Å². The Morgan fingerprint density at radius 2 is 1.95 bits per heavy atom. The van der Waals surface area contributed by atoms with Crippen LogP contribution in [0.25, 0.3) is 11.0 Å². The van der Waals surface area contributed by atoms with Crippen molar-refractivity contribution in [3.8, 4) is 0 Å². The first-order chi connectivity index (χ1) is 9.80. The minimum atomic E-state index is -0.00750. The smallest absolute Gasteiger partial charge is 0.117 e. The molecule has 1 aliphatic rings. The average Bonchev–Trinajstić information content (AvgIpc) is 2.88. The maximum atomic E-state index is 9.40. The summed E-state index contributed by atoms with van der Waals surface area (Å²) in [6.07, 6.45) is 5.96. The lowest BCUT2D eigenvalue weighted by molar-refractivity contribution is 0.251. The van der Waals surface area contributed by atoms with E-state index in [1.165, 1.54) is 19.3 Å². The van der Waals surface area contributed by atoms with Gasteiger partial charge in [-0.15, -0.1) is 0 Å². The van der Waals surface area contributed by atoms with Crippen molar-refractivity contribution >= 4 is 11.0 Å². The van der Waals surface area contributed by atoms with Crippen molar-refractivity contribution in [2.24, 2.45) is 5.73 Å². The summed E-state index contributed by atoms with van der Waals surface area (Å²) >= 11 is 0. The molecule has 4 nitrogen and oxygen atoms in total. The van der Waals surface area contributed by atoms with Gasteiger partial charge in [0.2, 0.25) is 0 Å². The molecule has 0 bridgehead atoms. The van der Waals surface area contributed by atoms with Crippen LogP contribution in [0.2, 0.25) is 0 Å². The second kappa shape index (κ2) is 5.54. The normalized spacial score (nSPS) is 18.5. The van der Waals surface area contributed by atoms with Crippen molar-refractivity contribution in [3.63, 3.8) is 0 Å². The fourth-order valence-electron chi connectivity index (χ4n) is 3.55. The predicted octanol–water partition coefficient (Wildman–Crippen LogP) is 2.19. The third-order valence-corrected chi connectivity index (χ3v) is 4.65. The molecule has 0 aliphatic heterocycles. The Kier molecular flexibility index (Phi) is 3.76. The van der Waals surface area contributed by atoms with Crippen LogP contribution in [0.1, 0.15) is 37.9 Å². The summed E-state index contributed by atoms with van der Waals surface area (Å²) in [7, 11) is 0. The molecule has 0 atom stereocenters. The summed E-state index contributed by atoms with van der Waals surface area (Å²) in [5, 5.41) is 9.40. The van der Waals surface area contributed by atoms with E-state index >= 15 is 0 Å². The fourth-order valence-corrected chi connectivity index (χ4v) is 3.55. The van der Waals surface area contributed by atoms with Crippen molar-refractivity contribution < 1.29 is 5.11 Å². The number of hydrogen-bond acceptors (Lipinski definition) is 3. The summed E-state index contributed by atoms with van der Waals surface area (Å²) in [5.74, 6) is 1.08. The first kappa shape index (κ1) is 13.6. The molecule has 0 spiro atoms. The number of fused-ring (bicyclic) bond motifs is 1. The van der Waals surface area contributed by atoms with Gasteiger partial charge in [0, 0.05) is 18.5 Å². The number of hydrogen-bond donors (Lipinski definition) is 2. The molecule has 1 fully saturated rings. The molecule has 1 heterocycles. The molecular weight excluding hydrogens is 250 g/mol. The van der Waals surface area contributed by atoms with Crippen molar-refractivity contribution in [2.75, 3.05) is 13.2 Å². The number of rotatable bonds is 4. The van der Waals surface area contributed by atoms with E-state index in [0.717, 1.165) is 29.7 Å². The minimum Gasteiger partial charge on any atom is -0.395 e. The van der Waals surface area contributed by atoms with Gasteiger partial charge in [-0.25, -0.2) is 4.98 Å². The van der Waals surface area contributed by atoms with E-state index in [1.54, 1.807) is 0 Å². The van der Waals surface area contributed by atoms with Crippen molar-refractivity contribution in [1.82, 2.24) is 9.55 Å². The fraction of sp³-hybridized carbons (Fsp3) is 0.562. The molecule has 0 radical (unpaired) electrons. The van der Waals surface area contributed by atoms with Gasteiger partial charge in [0.1, 0.15) is 5.82 Å². The predicted molar refractivity (Wildman–Crippen MR) is 80.6 cm³/mol. The number of nitrogens with zero attached hydrogens (tertiary/aromatic N) is 2. The van der Waals surface area contributed by atoms with Gasteiger partial charge in [0.05, 0.1) is 17.6 Å². The van der Waals surface area contributed by atoms with Crippen LogP contribution in [-0.2, 0) is 12.0 Å². The molecule has 1 aromatic heterocycles. The third-order valence-electron chi connectivity index (χ3n) is 4.65. The molecule has 0 amide bonds. The number of aliphatic hydroxyl groups excluding tert-OH is 1. The highest BCUT2D eigenvalue weighted by atomic mass is 16.3. The minimum absolute atomic E-state index is 0.00750. The standard InChI is InChI=1S/C16H23N3O/c17-12-16(8-4-1-5-9-16)15-18-13-6-2-3-7-14(13)19(15)10-11-20/h2-3,6-7,20H,1,4-5,8-12,17H2. The Bertz CT molecular complexity index is 584. The summed E-state index contributed by atoms with van der Waals surface area (Å²) in [5.41, 5.74) is 8.25. The zero-order chi connectivity index (χ0) is 14.0. The summed E-state index contributed by atoms with van der Waals surface area (Å²) in [6, 6.07) is 8.16. The number of para-hydroxylation sites is 2. The summed E-state index contributed by atoms with van der Waals surface area (Å²) in [6.45, 7) is 1.37. The number of nitrogens with two attached hydrogens (primary N) is 1. The van der Waals surface area contributed by atoms with Crippen LogP contribution in [0.5, 0.6) is 0 Å². The van der Waals surface area contributed by atoms with Crippen LogP contribution in [0.3, 0.4) is 0 Å². The van der Waals surface area contributed by atoms with Crippen molar-refractivity contribution in [2.45, 2.75) is 44.1 Å². The molecule has 4 heteroatoms. The second-order valence-corrected chi connectivity index (χ2v) is 5.84. The maximum absolute atomic E-state index is 9.40. The van der Waals surface area contributed by atoms with E-state index in [-0.39, 0.29) is 12.0 Å². The molecule has 1 aromatic carbocycles. The van der Waals surface area contributed by atoms with Gasteiger partial charge in [0.25, 0.3) is 0 Å². The zero-order valence-electron chi connectivity index (χ0n) is 11.9. The van der Waals surface area contributed by atoms with Gasteiger partial charge < -0.3 is 15.4 Å². The van der Waals surface area contributed by atoms with Crippen molar-refractivity contribution in [3.05, 3.63) is 30.1 Å². The number of benzene rings is 1. The first-order valence-electron chi connectivity index (χ1n) is 7.57. The zero-order valence-corrected chi connectivity index (χ0v) is 11.9. The van der Waals surface area contributed by atoms with Crippen LogP contribution in [-0.4, -0.2) is 27.8 Å². The summed E-state index contributed by atoms with van der Waals surface area (Å²) < 4.78 is 2.17. The van der Waals surface area contributed by atoms with Gasteiger partial charge in [-0.2, -0.15) is 0 Å².